The fraction of sp³-hybridized carbons (Fsp3) is 0.544. The number of hydrogen-bond acceptors (Lipinski definition) is 16. The Morgan fingerprint density at radius 1 is 0.554 bits per heavy atom. The number of carbonyl (C=O) groups excluding carboxylic acids is 10. The van der Waals surface area contributed by atoms with E-state index in [1.807, 2.05) is 59.8 Å². The Kier molecular flexibility index (Phi) is 55.5. The first kappa shape index (κ1) is 84.1. The second-order valence-electron chi connectivity index (χ2n) is 18.6. The van der Waals surface area contributed by atoms with E-state index in [0.717, 1.165) is 31.9 Å². The van der Waals surface area contributed by atoms with E-state index < -0.39 is 0 Å². The number of aromatic nitrogens is 4. The van der Waals surface area contributed by atoms with Crippen LogP contribution in [-0.4, -0.2) is 147 Å². The third kappa shape index (κ3) is 66.7. The van der Waals surface area contributed by atoms with Crippen LogP contribution < -0.4 is 37.6 Å². The standard InChI is InChI=1S/C10H21NO.C8H15NO.C8H9NO.C6H7N3O.C6H13NO.2C5H6N2OS.C4H9NO.C3H7NO.C2H5NO/c1-8(2)6-11(10(5)12)7-9(3)4;2*1-7(10)9-8-5-3-2-4-6-8;1-5(10)9-6-4-7-2-3-8-6;1-4-7(5-2)6(3)8;2*1-4(8)7-5-6-2-3-9-5;1-4(6)5(2)3;1-3(5)4-2;1-2(3)4/h8-9H,6-7H2,1-5H3;8H,2-6H2,1H3,(H,9,10);2-6H,1H3,(H,9,10);2-4H,1H3,(H,8,9,10);4-5H2,1-3H3;2*2-3H,1H3,(H,6,7,8);1-3H3;1-2H3,(H,4,5);1H3,(H2,3,4). The lowest BCUT2D eigenvalue weighted by atomic mass is 9.95. The number of amides is 10. The Bertz CT molecular complexity index is 2220. The molecule has 1 aromatic carbocycles. The van der Waals surface area contributed by atoms with Gasteiger partial charge in [0.15, 0.2) is 16.1 Å². The highest BCUT2D eigenvalue weighted by molar-refractivity contribution is 7.14. The zero-order chi connectivity index (χ0) is 64.9. The molecule has 0 bridgehead atoms. The van der Waals surface area contributed by atoms with Gasteiger partial charge >= 0.3 is 0 Å². The van der Waals surface area contributed by atoms with Crippen molar-refractivity contribution in [3.05, 3.63) is 72.1 Å². The van der Waals surface area contributed by atoms with Crippen molar-refractivity contribution in [3.8, 4) is 0 Å². The van der Waals surface area contributed by atoms with Gasteiger partial charge in [-0.3, -0.25) is 52.9 Å². The summed E-state index contributed by atoms with van der Waals surface area (Å²) in [5.74, 6) is 1.51. The second kappa shape index (κ2) is 54.8. The Morgan fingerprint density at radius 2 is 0.952 bits per heavy atom. The molecule has 1 aliphatic rings. The van der Waals surface area contributed by atoms with Gasteiger partial charge in [-0.25, -0.2) is 15.0 Å². The first-order valence-corrected chi connectivity index (χ1v) is 28.6. The van der Waals surface area contributed by atoms with Crippen molar-refractivity contribution in [1.82, 2.24) is 45.3 Å². The molecule has 0 atom stereocenters. The highest BCUT2D eigenvalue weighted by Gasteiger charge is 2.13. The summed E-state index contributed by atoms with van der Waals surface area (Å²) in [7, 11) is 5.05. The van der Waals surface area contributed by atoms with E-state index in [9.17, 15) is 47.9 Å². The van der Waals surface area contributed by atoms with E-state index in [2.05, 4.69) is 85.3 Å². The van der Waals surface area contributed by atoms with Crippen molar-refractivity contribution in [2.24, 2.45) is 17.6 Å². The van der Waals surface area contributed by atoms with Crippen LogP contribution in [0.1, 0.15) is 143 Å². The van der Waals surface area contributed by atoms with Crippen LogP contribution in [0.5, 0.6) is 0 Å². The van der Waals surface area contributed by atoms with E-state index in [4.69, 9.17) is 0 Å². The van der Waals surface area contributed by atoms with Gasteiger partial charge in [0.1, 0.15) is 0 Å². The minimum absolute atomic E-state index is 0.00463. The van der Waals surface area contributed by atoms with Gasteiger partial charge in [0.2, 0.25) is 59.1 Å². The number of nitrogens with two attached hydrogens (primary N) is 1. The molecule has 5 rings (SSSR count). The van der Waals surface area contributed by atoms with Crippen LogP contribution in [-0.2, 0) is 47.9 Å². The lowest BCUT2D eigenvalue weighted by Gasteiger charge is -2.24. The maximum Gasteiger partial charge on any atom is 0.223 e. The molecule has 24 nitrogen and oxygen atoms in total. The van der Waals surface area contributed by atoms with Crippen molar-refractivity contribution in [2.75, 3.05) is 68.6 Å². The smallest absolute Gasteiger partial charge is 0.223 e. The molecular weight excluding hydrogens is 1100 g/mol. The lowest BCUT2D eigenvalue weighted by Crippen LogP contribution is -2.35. The summed E-state index contributed by atoms with van der Waals surface area (Å²) >= 11 is 2.82. The van der Waals surface area contributed by atoms with E-state index in [1.54, 1.807) is 65.4 Å². The molecule has 8 N–H and O–H groups in total. The van der Waals surface area contributed by atoms with Gasteiger partial charge < -0.3 is 52.3 Å². The highest BCUT2D eigenvalue weighted by Crippen LogP contribution is 2.17. The minimum Gasteiger partial charge on any atom is -0.370 e. The van der Waals surface area contributed by atoms with Gasteiger partial charge in [-0.05, 0) is 50.7 Å². The van der Waals surface area contributed by atoms with Crippen LogP contribution in [0.2, 0.25) is 0 Å². The van der Waals surface area contributed by atoms with Crippen LogP contribution in [0.15, 0.2) is 72.1 Å². The lowest BCUT2D eigenvalue weighted by molar-refractivity contribution is -0.130. The quantitative estimate of drug-likeness (QED) is 0.0746. The predicted molar refractivity (Wildman–Crippen MR) is 335 cm³/mol. The number of anilines is 4. The number of thiazole rings is 2. The number of hydrogen-bond donors (Lipinski definition) is 7. The van der Waals surface area contributed by atoms with Crippen molar-refractivity contribution in [3.63, 3.8) is 0 Å². The average Bonchev–Trinajstić information content (AvgIpc) is 4.10. The Balaban J connectivity index is -0.000000275. The molecule has 0 spiro atoms. The van der Waals surface area contributed by atoms with Gasteiger partial charge in [-0.1, -0.05) is 65.2 Å². The number of para-hydroxylation sites is 1. The molecule has 3 heterocycles. The van der Waals surface area contributed by atoms with Gasteiger partial charge in [-0.15, -0.1) is 22.7 Å². The summed E-state index contributed by atoms with van der Waals surface area (Å²) in [5.41, 5.74) is 5.31. The molecule has 0 radical (unpaired) electrons. The van der Waals surface area contributed by atoms with E-state index in [-0.39, 0.29) is 59.1 Å². The summed E-state index contributed by atoms with van der Waals surface area (Å²) in [6, 6.07) is 9.84. The monoisotopic (exact) mass is 1200 g/mol. The third-order valence-electron chi connectivity index (χ3n) is 9.21. The zero-order valence-corrected chi connectivity index (χ0v) is 54.3. The highest BCUT2D eigenvalue weighted by atomic mass is 32.1. The predicted octanol–water partition coefficient (Wildman–Crippen LogP) is 8.10. The van der Waals surface area contributed by atoms with E-state index >= 15 is 0 Å². The second-order valence-corrected chi connectivity index (χ2v) is 20.4. The topological polar surface area (TPSA) is 330 Å². The molecule has 26 heteroatoms. The normalized spacial score (nSPS) is 10.3. The fourth-order valence-electron chi connectivity index (χ4n) is 5.56. The molecular formula is C57H98N14O10S2. The number of primary amides is 1. The summed E-state index contributed by atoms with van der Waals surface area (Å²) in [6.07, 6.45) is 14.1. The van der Waals surface area contributed by atoms with Gasteiger partial charge in [-0.2, -0.15) is 0 Å². The largest absolute Gasteiger partial charge is 0.370 e. The van der Waals surface area contributed by atoms with Crippen molar-refractivity contribution in [1.29, 1.82) is 0 Å². The molecule has 3 aromatic heterocycles. The van der Waals surface area contributed by atoms with E-state index in [0.29, 0.717) is 34.0 Å². The molecule has 4 aromatic rings. The van der Waals surface area contributed by atoms with Crippen LogP contribution in [0.25, 0.3) is 0 Å². The third-order valence-corrected chi connectivity index (χ3v) is 10.6. The molecule has 10 amide bonds. The Labute approximate surface area is 501 Å². The molecule has 0 saturated heterocycles. The molecule has 0 unspecified atom stereocenters. The van der Waals surface area contributed by atoms with Crippen LogP contribution in [0.4, 0.5) is 21.8 Å². The number of carbonyl (C=O) groups is 10. The fourth-order valence-corrected chi connectivity index (χ4v) is 6.71. The molecule has 468 valence electrons. The Hall–Kier alpha value is -7.74. The molecule has 1 fully saturated rings. The van der Waals surface area contributed by atoms with Crippen LogP contribution in [0.3, 0.4) is 0 Å². The number of nitrogens with one attached hydrogen (secondary N) is 6. The average molecular weight is 1200 g/mol. The van der Waals surface area contributed by atoms with Crippen molar-refractivity contribution in [2.45, 2.75) is 149 Å². The SMILES string of the molecule is CC(=O)N(C)C.CC(=O)N(CC(C)C)CC(C)C.CC(=O)NC1CCCCC1.CC(=O)Nc1ccccc1.CC(=O)Nc1cnccn1.CC(=O)Nc1nccs1.CC(=O)Nc1nccs1.CC(N)=O.CCN(CC)C(C)=O.CNC(C)=O. The van der Waals surface area contributed by atoms with Gasteiger partial charge in [0, 0.05) is 164 Å². The van der Waals surface area contributed by atoms with Gasteiger partial charge in [0.05, 0.1) is 6.20 Å². The number of nitrogens with zero attached hydrogens (tertiary/aromatic N) is 7. The van der Waals surface area contributed by atoms with Gasteiger partial charge in [0.25, 0.3) is 0 Å². The summed E-state index contributed by atoms with van der Waals surface area (Å²) in [5, 5.41) is 20.5. The number of benzene rings is 1. The molecule has 0 aliphatic heterocycles. The van der Waals surface area contributed by atoms with E-state index in [1.165, 1.54) is 121 Å². The minimum atomic E-state index is -0.333. The molecule has 1 saturated carbocycles. The van der Waals surface area contributed by atoms with Crippen LogP contribution in [0, 0.1) is 11.8 Å². The first-order chi connectivity index (χ1) is 38.7. The molecule has 83 heavy (non-hydrogen) atoms. The maximum absolute atomic E-state index is 11.1. The number of rotatable bonds is 11. The zero-order valence-electron chi connectivity index (χ0n) is 52.6. The first-order valence-electron chi connectivity index (χ1n) is 26.8. The summed E-state index contributed by atoms with van der Waals surface area (Å²) in [4.78, 5) is 123. The summed E-state index contributed by atoms with van der Waals surface area (Å²) in [6.45, 7) is 30.9. The molecule has 1 aliphatic carbocycles. The summed E-state index contributed by atoms with van der Waals surface area (Å²) < 4.78 is 0. The van der Waals surface area contributed by atoms with Crippen molar-refractivity contribution < 1.29 is 47.9 Å². The van der Waals surface area contributed by atoms with Crippen molar-refractivity contribution >= 4 is 104 Å². The Morgan fingerprint density at radius 3 is 1.20 bits per heavy atom. The maximum atomic E-state index is 11.1. The van der Waals surface area contributed by atoms with Crippen LogP contribution >= 0.6 is 22.7 Å².